The lowest BCUT2D eigenvalue weighted by Gasteiger charge is -2.29. The van der Waals surface area contributed by atoms with Crippen LogP contribution in [-0.2, 0) is 6.54 Å². The number of rotatable bonds is 3. The Kier molecular flexibility index (Phi) is 3.16. The zero-order valence-corrected chi connectivity index (χ0v) is 8.57. The summed E-state index contributed by atoms with van der Waals surface area (Å²) in [5, 5.41) is 7.16. The maximum absolute atomic E-state index is 5.02. The van der Waals surface area contributed by atoms with E-state index >= 15 is 0 Å². The maximum Gasteiger partial charge on any atom is 0.150 e. The van der Waals surface area contributed by atoms with Gasteiger partial charge in [-0.2, -0.15) is 0 Å². The highest BCUT2D eigenvalue weighted by Gasteiger charge is 2.15. The standard InChI is InChI=1S/C10H17N3O/c1-13-6-3-9(4-7-13)11-8-10-2-5-12-14-10/h2,5,9,11H,3-4,6-8H2,1H3. The van der Waals surface area contributed by atoms with Gasteiger partial charge in [0, 0.05) is 12.1 Å². The minimum Gasteiger partial charge on any atom is -0.360 e. The largest absolute Gasteiger partial charge is 0.360 e. The van der Waals surface area contributed by atoms with E-state index in [1.54, 1.807) is 6.20 Å². The molecule has 0 atom stereocenters. The van der Waals surface area contributed by atoms with Crippen LogP contribution in [0, 0.1) is 0 Å². The molecule has 1 saturated heterocycles. The molecule has 2 rings (SSSR count). The molecule has 78 valence electrons. The van der Waals surface area contributed by atoms with Crippen molar-refractivity contribution in [3.8, 4) is 0 Å². The average molecular weight is 195 g/mol. The van der Waals surface area contributed by atoms with Gasteiger partial charge in [0.25, 0.3) is 0 Å². The van der Waals surface area contributed by atoms with Crippen molar-refractivity contribution in [3.05, 3.63) is 18.0 Å². The Morgan fingerprint density at radius 3 is 3.00 bits per heavy atom. The van der Waals surface area contributed by atoms with Crippen LogP contribution in [-0.4, -0.2) is 36.2 Å². The molecule has 0 saturated carbocycles. The van der Waals surface area contributed by atoms with Crippen LogP contribution in [0.2, 0.25) is 0 Å². The first-order chi connectivity index (χ1) is 6.84. The van der Waals surface area contributed by atoms with Crippen LogP contribution in [0.25, 0.3) is 0 Å². The zero-order valence-electron chi connectivity index (χ0n) is 8.57. The Balaban J connectivity index is 1.71. The third kappa shape index (κ3) is 2.56. The van der Waals surface area contributed by atoms with E-state index in [1.807, 2.05) is 6.07 Å². The number of aromatic nitrogens is 1. The third-order valence-electron chi connectivity index (χ3n) is 2.77. The van der Waals surface area contributed by atoms with E-state index in [4.69, 9.17) is 4.52 Å². The molecule has 0 radical (unpaired) electrons. The zero-order chi connectivity index (χ0) is 9.80. The van der Waals surface area contributed by atoms with Crippen molar-refractivity contribution in [3.63, 3.8) is 0 Å². The van der Waals surface area contributed by atoms with Crippen molar-refractivity contribution in [2.24, 2.45) is 0 Å². The lowest BCUT2D eigenvalue weighted by molar-refractivity contribution is 0.230. The van der Waals surface area contributed by atoms with Crippen LogP contribution in [0.4, 0.5) is 0 Å². The fourth-order valence-corrected chi connectivity index (χ4v) is 1.79. The number of nitrogens with zero attached hydrogens (tertiary/aromatic N) is 2. The molecule has 1 aromatic heterocycles. The lowest BCUT2D eigenvalue weighted by Crippen LogP contribution is -2.40. The SMILES string of the molecule is CN1CCC(NCc2ccno2)CC1. The summed E-state index contributed by atoms with van der Waals surface area (Å²) >= 11 is 0. The van der Waals surface area contributed by atoms with E-state index in [0.29, 0.717) is 6.04 Å². The van der Waals surface area contributed by atoms with Crippen molar-refractivity contribution in [2.45, 2.75) is 25.4 Å². The van der Waals surface area contributed by atoms with Gasteiger partial charge in [0.15, 0.2) is 0 Å². The number of likely N-dealkylation sites (tertiary alicyclic amines) is 1. The lowest BCUT2D eigenvalue weighted by atomic mass is 10.1. The monoisotopic (exact) mass is 195 g/mol. The number of hydrogen-bond acceptors (Lipinski definition) is 4. The Morgan fingerprint density at radius 2 is 2.36 bits per heavy atom. The molecule has 4 nitrogen and oxygen atoms in total. The molecule has 0 aromatic carbocycles. The topological polar surface area (TPSA) is 41.3 Å². The summed E-state index contributed by atoms with van der Waals surface area (Å²) in [6.07, 6.45) is 4.14. The summed E-state index contributed by atoms with van der Waals surface area (Å²) in [7, 11) is 2.17. The van der Waals surface area contributed by atoms with Gasteiger partial charge in [-0.1, -0.05) is 5.16 Å². The molecule has 0 bridgehead atoms. The van der Waals surface area contributed by atoms with Gasteiger partial charge in [-0.3, -0.25) is 0 Å². The summed E-state index contributed by atoms with van der Waals surface area (Å²) in [6.45, 7) is 3.18. The molecule has 2 heterocycles. The van der Waals surface area contributed by atoms with Crippen LogP contribution in [0.1, 0.15) is 18.6 Å². The Hall–Kier alpha value is -0.870. The first-order valence-electron chi connectivity index (χ1n) is 5.16. The average Bonchev–Trinajstić information content (AvgIpc) is 2.70. The van der Waals surface area contributed by atoms with Gasteiger partial charge in [-0.25, -0.2) is 0 Å². The molecule has 1 fully saturated rings. The van der Waals surface area contributed by atoms with E-state index in [1.165, 1.54) is 25.9 Å². The summed E-state index contributed by atoms with van der Waals surface area (Å²) in [6, 6.07) is 2.54. The van der Waals surface area contributed by atoms with Crippen molar-refractivity contribution in [1.82, 2.24) is 15.4 Å². The minimum atomic E-state index is 0.635. The van der Waals surface area contributed by atoms with Crippen molar-refractivity contribution in [2.75, 3.05) is 20.1 Å². The highest BCUT2D eigenvalue weighted by Crippen LogP contribution is 2.09. The molecule has 1 N–H and O–H groups in total. The highest BCUT2D eigenvalue weighted by molar-refractivity contribution is 4.92. The van der Waals surface area contributed by atoms with Gasteiger partial charge in [0.05, 0.1) is 12.7 Å². The molecule has 0 amide bonds. The predicted octanol–water partition coefficient (Wildman–Crippen LogP) is 0.858. The van der Waals surface area contributed by atoms with E-state index in [0.717, 1.165) is 12.3 Å². The Labute approximate surface area is 84.3 Å². The quantitative estimate of drug-likeness (QED) is 0.776. The Bertz CT molecular complexity index is 252. The summed E-state index contributed by atoms with van der Waals surface area (Å²) in [5.74, 6) is 0.920. The Morgan fingerprint density at radius 1 is 1.57 bits per heavy atom. The summed E-state index contributed by atoms with van der Waals surface area (Å²) < 4.78 is 5.02. The van der Waals surface area contributed by atoms with Crippen molar-refractivity contribution < 1.29 is 4.52 Å². The van der Waals surface area contributed by atoms with E-state index in [9.17, 15) is 0 Å². The van der Waals surface area contributed by atoms with Crippen molar-refractivity contribution in [1.29, 1.82) is 0 Å². The van der Waals surface area contributed by atoms with Gasteiger partial charge < -0.3 is 14.7 Å². The van der Waals surface area contributed by atoms with Gasteiger partial charge in [0.1, 0.15) is 5.76 Å². The van der Waals surface area contributed by atoms with Crippen LogP contribution in [0.15, 0.2) is 16.8 Å². The molecule has 1 aliphatic heterocycles. The van der Waals surface area contributed by atoms with Crippen LogP contribution in [0.5, 0.6) is 0 Å². The fourth-order valence-electron chi connectivity index (χ4n) is 1.79. The second kappa shape index (κ2) is 4.57. The van der Waals surface area contributed by atoms with Gasteiger partial charge >= 0.3 is 0 Å². The van der Waals surface area contributed by atoms with Crippen LogP contribution >= 0.6 is 0 Å². The second-order valence-corrected chi connectivity index (χ2v) is 3.94. The molecule has 0 spiro atoms. The molecule has 14 heavy (non-hydrogen) atoms. The van der Waals surface area contributed by atoms with E-state index < -0.39 is 0 Å². The molecular formula is C10H17N3O. The maximum atomic E-state index is 5.02. The molecule has 0 aliphatic carbocycles. The molecule has 0 unspecified atom stereocenters. The van der Waals surface area contributed by atoms with Crippen molar-refractivity contribution >= 4 is 0 Å². The summed E-state index contributed by atoms with van der Waals surface area (Å²) in [5.41, 5.74) is 0. The predicted molar refractivity (Wildman–Crippen MR) is 53.9 cm³/mol. The smallest absolute Gasteiger partial charge is 0.150 e. The first kappa shape index (κ1) is 9.68. The van der Waals surface area contributed by atoms with E-state index in [-0.39, 0.29) is 0 Å². The van der Waals surface area contributed by atoms with Crippen LogP contribution < -0.4 is 5.32 Å². The highest BCUT2D eigenvalue weighted by atomic mass is 16.5. The molecular weight excluding hydrogens is 178 g/mol. The molecule has 1 aliphatic rings. The van der Waals surface area contributed by atoms with E-state index in [2.05, 4.69) is 22.4 Å². The second-order valence-electron chi connectivity index (χ2n) is 3.94. The van der Waals surface area contributed by atoms with Gasteiger partial charge in [0.2, 0.25) is 0 Å². The fraction of sp³-hybridized carbons (Fsp3) is 0.700. The first-order valence-corrected chi connectivity index (χ1v) is 5.16. The number of nitrogens with one attached hydrogen (secondary N) is 1. The molecule has 1 aromatic rings. The van der Waals surface area contributed by atoms with Gasteiger partial charge in [-0.15, -0.1) is 0 Å². The minimum absolute atomic E-state index is 0.635. The number of hydrogen-bond donors (Lipinski definition) is 1. The third-order valence-corrected chi connectivity index (χ3v) is 2.77. The number of piperidine rings is 1. The summed E-state index contributed by atoms with van der Waals surface area (Å²) in [4.78, 5) is 2.37. The normalized spacial score (nSPS) is 20.1. The van der Waals surface area contributed by atoms with Gasteiger partial charge in [-0.05, 0) is 33.0 Å². The molecule has 4 heteroatoms. The van der Waals surface area contributed by atoms with Crippen LogP contribution in [0.3, 0.4) is 0 Å².